The molecule has 0 aromatic carbocycles. The minimum atomic E-state index is 0.471. The molecule has 0 amide bonds. The Morgan fingerprint density at radius 3 is 3.06 bits per heavy atom. The Kier molecular flexibility index (Phi) is 3.15. The molecule has 0 radical (unpaired) electrons. The van der Waals surface area contributed by atoms with Gasteiger partial charge in [0.2, 0.25) is 0 Å². The Balaban J connectivity index is 1.79. The van der Waals surface area contributed by atoms with Crippen LogP contribution in [0.3, 0.4) is 0 Å². The van der Waals surface area contributed by atoms with Crippen molar-refractivity contribution in [3.05, 3.63) is 54.2 Å². The van der Waals surface area contributed by atoms with Crippen LogP contribution in [0.1, 0.15) is 30.7 Å². The Morgan fingerprint density at radius 1 is 1.39 bits per heavy atom. The molecule has 1 aliphatic rings. The van der Waals surface area contributed by atoms with Crippen molar-refractivity contribution in [2.24, 2.45) is 5.92 Å². The van der Waals surface area contributed by atoms with E-state index in [1.165, 1.54) is 12.0 Å². The van der Waals surface area contributed by atoms with Crippen LogP contribution in [0.4, 0.5) is 0 Å². The van der Waals surface area contributed by atoms with Crippen molar-refractivity contribution in [1.82, 2.24) is 9.88 Å². The molecule has 0 aliphatic carbocycles. The fourth-order valence-corrected chi connectivity index (χ4v) is 2.83. The second-order valence-corrected chi connectivity index (χ2v) is 5.15. The highest BCUT2D eigenvalue weighted by Gasteiger charge is 2.31. The molecule has 1 fully saturated rings. The second-order valence-electron chi connectivity index (χ2n) is 5.15. The zero-order chi connectivity index (χ0) is 12.4. The van der Waals surface area contributed by atoms with Crippen molar-refractivity contribution in [3.8, 4) is 0 Å². The van der Waals surface area contributed by atoms with E-state index >= 15 is 0 Å². The van der Waals surface area contributed by atoms with E-state index in [0.717, 1.165) is 24.8 Å². The van der Waals surface area contributed by atoms with Gasteiger partial charge in [-0.2, -0.15) is 0 Å². The molecule has 0 bridgehead atoms. The molecular formula is C15H18N2O. The topological polar surface area (TPSA) is 29.3 Å². The van der Waals surface area contributed by atoms with E-state index in [1.807, 2.05) is 30.6 Å². The molecular weight excluding hydrogens is 224 g/mol. The zero-order valence-electron chi connectivity index (χ0n) is 10.6. The Bertz CT molecular complexity index is 480. The normalized spacial score (nSPS) is 24.5. The SMILES string of the molecule is CC1CC(c2cccnc2)N(Cc2ccco2)C1. The van der Waals surface area contributed by atoms with Gasteiger partial charge in [-0.25, -0.2) is 0 Å². The molecule has 0 N–H and O–H groups in total. The van der Waals surface area contributed by atoms with Crippen molar-refractivity contribution >= 4 is 0 Å². The molecule has 2 atom stereocenters. The molecule has 1 saturated heterocycles. The third-order valence-corrected chi connectivity index (χ3v) is 3.62. The summed E-state index contributed by atoms with van der Waals surface area (Å²) < 4.78 is 5.46. The number of likely N-dealkylation sites (tertiary alicyclic amines) is 1. The van der Waals surface area contributed by atoms with Gasteiger partial charge in [0.05, 0.1) is 12.8 Å². The molecule has 0 saturated carbocycles. The summed E-state index contributed by atoms with van der Waals surface area (Å²) in [6.07, 6.45) is 6.76. The average Bonchev–Trinajstić information content (AvgIpc) is 3.01. The van der Waals surface area contributed by atoms with Crippen molar-refractivity contribution in [3.63, 3.8) is 0 Å². The minimum absolute atomic E-state index is 0.471. The van der Waals surface area contributed by atoms with Crippen molar-refractivity contribution in [1.29, 1.82) is 0 Å². The van der Waals surface area contributed by atoms with Gasteiger partial charge < -0.3 is 4.42 Å². The number of pyridine rings is 1. The van der Waals surface area contributed by atoms with Crippen LogP contribution in [0.15, 0.2) is 47.3 Å². The highest BCUT2D eigenvalue weighted by Crippen LogP contribution is 2.35. The predicted octanol–water partition coefficient (Wildman–Crippen LogP) is 3.26. The van der Waals surface area contributed by atoms with E-state index in [1.54, 1.807) is 6.26 Å². The highest BCUT2D eigenvalue weighted by molar-refractivity contribution is 5.16. The van der Waals surface area contributed by atoms with Crippen molar-refractivity contribution in [2.45, 2.75) is 25.9 Å². The predicted molar refractivity (Wildman–Crippen MR) is 69.9 cm³/mol. The Morgan fingerprint density at radius 2 is 2.33 bits per heavy atom. The number of hydrogen-bond acceptors (Lipinski definition) is 3. The largest absolute Gasteiger partial charge is 0.468 e. The van der Waals surface area contributed by atoms with Gasteiger partial charge in [0.15, 0.2) is 0 Å². The van der Waals surface area contributed by atoms with Crippen LogP contribution in [0.5, 0.6) is 0 Å². The maximum Gasteiger partial charge on any atom is 0.117 e. The van der Waals surface area contributed by atoms with Crippen molar-refractivity contribution in [2.75, 3.05) is 6.54 Å². The average molecular weight is 242 g/mol. The standard InChI is InChI=1S/C15H18N2O/c1-12-8-15(13-4-2-6-16-9-13)17(10-12)11-14-5-3-7-18-14/h2-7,9,12,15H,8,10-11H2,1H3. The lowest BCUT2D eigenvalue weighted by Crippen LogP contribution is -2.23. The molecule has 3 heteroatoms. The molecule has 2 aromatic heterocycles. The third kappa shape index (κ3) is 2.31. The summed E-state index contributed by atoms with van der Waals surface area (Å²) in [6.45, 7) is 4.32. The summed E-state index contributed by atoms with van der Waals surface area (Å²) in [5.41, 5.74) is 1.31. The van der Waals surface area contributed by atoms with Gasteiger partial charge in [0.25, 0.3) is 0 Å². The monoisotopic (exact) mass is 242 g/mol. The van der Waals surface area contributed by atoms with Gasteiger partial charge in [-0.3, -0.25) is 9.88 Å². The van der Waals surface area contributed by atoms with Crippen molar-refractivity contribution < 1.29 is 4.42 Å². The van der Waals surface area contributed by atoms with Gasteiger partial charge in [-0.05, 0) is 36.1 Å². The second kappa shape index (κ2) is 4.94. The molecule has 3 heterocycles. The molecule has 18 heavy (non-hydrogen) atoms. The smallest absolute Gasteiger partial charge is 0.117 e. The number of aromatic nitrogens is 1. The van der Waals surface area contributed by atoms with Gasteiger partial charge in [0.1, 0.15) is 5.76 Å². The van der Waals surface area contributed by atoms with Gasteiger partial charge in [-0.15, -0.1) is 0 Å². The van der Waals surface area contributed by atoms with Crippen LogP contribution in [0, 0.1) is 5.92 Å². The van der Waals surface area contributed by atoms with Gasteiger partial charge in [-0.1, -0.05) is 13.0 Å². The molecule has 2 aromatic rings. The van der Waals surface area contributed by atoms with E-state index < -0.39 is 0 Å². The molecule has 94 valence electrons. The first-order valence-corrected chi connectivity index (χ1v) is 6.49. The maximum atomic E-state index is 5.46. The van der Waals surface area contributed by atoms with E-state index in [4.69, 9.17) is 4.42 Å². The van der Waals surface area contributed by atoms with Crippen LogP contribution in [0.2, 0.25) is 0 Å². The fraction of sp³-hybridized carbons (Fsp3) is 0.400. The first-order chi connectivity index (χ1) is 8.83. The van der Waals surface area contributed by atoms with E-state index in [-0.39, 0.29) is 0 Å². The Hall–Kier alpha value is -1.61. The minimum Gasteiger partial charge on any atom is -0.468 e. The lowest BCUT2D eigenvalue weighted by Gasteiger charge is -2.23. The number of furan rings is 1. The summed E-state index contributed by atoms with van der Waals surface area (Å²) >= 11 is 0. The van der Waals surface area contributed by atoms with Gasteiger partial charge in [0, 0.05) is 25.0 Å². The fourth-order valence-electron chi connectivity index (χ4n) is 2.83. The van der Waals surface area contributed by atoms with Crippen LogP contribution in [-0.2, 0) is 6.54 Å². The molecule has 1 aliphatic heterocycles. The molecule has 2 unspecified atom stereocenters. The van der Waals surface area contributed by atoms with Crippen LogP contribution < -0.4 is 0 Å². The lowest BCUT2D eigenvalue weighted by molar-refractivity contribution is 0.225. The maximum absolute atomic E-state index is 5.46. The first-order valence-electron chi connectivity index (χ1n) is 6.49. The summed E-state index contributed by atoms with van der Waals surface area (Å²) in [7, 11) is 0. The number of rotatable bonds is 3. The zero-order valence-corrected chi connectivity index (χ0v) is 10.6. The first kappa shape index (κ1) is 11.5. The summed E-state index contributed by atoms with van der Waals surface area (Å²) in [5.74, 6) is 1.77. The van der Waals surface area contributed by atoms with Crippen LogP contribution >= 0.6 is 0 Å². The lowest BCUT2D eigenvalue weighted by atomic mass is 10.0. The third-order valence-electron chi connectivity index (χ3n) is 3.62. The number of hydrogen-bond donors (Lipinski definition) is 0. The quantitative estimate of drug-likeness (QED) is 0.827. The summed E-state index contributed by atoms with van der Waals surface area (Å²) in [5, 5.41) is 0. The summed E-state index contributed by atoms with van der Waals surface area (Å²) in [6, 6.07) is 8.66. The van der Waals surface area contributed by atoms with E-state index in [2.05, 4.69) is 22.9 Å². The number of nitrogens with zero attached hydrogens (tertiary/aromatic N) is 2. The van der Waals surface area contributed by atoms with Crippen LogP contribution in [0.25, 0.3) is 0 Å². The molecule has 0 spiro atoms. The van der Waals surface area contributed by atoms with E-state index in [0.29, 0.717) is 6.04 Å². The highest BCUT2D eigenvalue weighted by atomic mass is 16.3. The van der Waals surface area contributed by atoms with Gasteiger partial charge >= 0.3 is 0 Å². The molecule has 3 nitrogen and oxygen atoms in total. The molecule has 3 rings (SSSR count). The van der Waals surface area contributed by atoms with Crippen LogP contribution in [-0.4, -0.2) is 16.4 Å². The Labute approximate surface area is 107 Å². The van der Waals surface area contributed by atoms with E-state index in [9.17, 15) is 0 Å². The summed E-state index contributed by atoms with van der Waals surface area (Å²) in [4.78, 5) is 6.72.